The van der Waals surface area contributed by atoms with Crippen molar-refractivity contribution < 1.29 is 29.2 Å². The molecule has 2 N–H and O–H groups in total. The van der Waals surface area contributed by atoms with E-state index in [1.165, 1.54) is 11.8 Å². The molecule has 2 rings (SSSR count). The largest absolute Gasteiger partial charge is 0.504 e. The average molecular weight is 507 g/mol. The van der Waals surface area contributed by atoms with Gasteiger partial charge in [-0.15, -0.1) is 0 Å². The Morgan fingerprint density at radius 3 is 0.971 bits per heavy atom. The molecule has 6 nitrogen and oxygen atoms in total. The summed E-state index contributed by atoms with van der Waals surface area (Å²) in [6, 6.07) is 6.76. The molecule has 0 aliphatic rings. The van der Waals surface area contributed by atoms with Gasteiger partial charge >= 0.3 is 0 Å². The number of phenolic OH excluding ortho intramolecular Hbond substituents is 2. The first-order chi connectivity index (χ1) is 15.7. The number of phenols is 2. The fourth-order valence-electron chi connectivity index (χ4n) is 2.96. The molecule has 2 aromatic carbocycles. The highest BCUT2D eigenvalue weighted by atomic mass is 32.2. The fraction of sp³-hybridized carbons (Fsp3) is 0.571. The van der Waals surface area contributed by atoms with E-state index in [2.05, 4.69) is 0 Å². The second-order valence-electron chi connectivity index (χ2n) is 12.4. The lowest BCUT2D eigenvalue weighted by molar-refractivity contribution is 0.0888. The van der Waals surface area contributed by atoms with Crippen molar-refractivity contribution in [1.29, 1.82) is 0 Å². The van der Waals surface area contributed by atoms with Crippen LogP contribution in [0.1, 0.15) is 83.1 Å². The van der Waals surface area contributed by atoms with Gasteiger partial charge in [-0.25, -0.2) is 0 Å². The lowest BCUT2D eigenvalue weighted by Gasteiger charge is -2.30. The SMILES string of the molecule is CC(C)(C)Oc1c(O)ccc(Sc2ccc(O)c(OC(C)(C)C)c2OC(C)(C)C)c1OC(C)(C)C. The third-order valence-corrected chi connectivity index (χ3v) is 5.05. The van der Waals surface area contributed by atoms with Crippen LogP contribution in [-0.4, -0.2) is 32.6 Å². The Bertz CT molecular complexity index is 950. The summed E-state index contributed by atoms with van der Waals surface area (Å²) in [7, 11) is 0. The zero-order valence-corrected chi connectivity index (χ0v) is 24.1. The maximum absolute atomic E-state index is 10.7. The van der Waals surface area contributed by atoms with Crippen LogP contribution in [0.3, 0.4) is 0 Å². The van der Waals surface area contributed by atoms with Crippen molar-refractivity contribution >= 4 is 11.8 Å². The van der Waals surface area contributed by atoms with Crippen LogP contribution in [0.4, 0.5) is 0 Å². The topological polar surface area (TPSA) is 77.4 Å². The lowest BCUT2D eigenvalue weighted by Crippen LogP contribution is -2.27. The van der Waals surface area contributed by atoms with E-state index in [0.29, 0.717) is 11.5 Å². The van der Waals surface area contributed by atoms with Gasteiger partial charge < -0.3 is 29.2 Å². The van der Waals surface area contributed by atoms with Gasteiger partial charge in [0.1, 0.15) is 22.4 Å². The molecule has 7 heteroatoms. The first kappa shape index (κ1) is 28.8. The van der Waals surface area contributed by atoms with E-state index in [1.54, 1.807) is 24.3 Å². The van der Waals surface area contributed by atoms with Gasteiger partial charge in [-0.2, -0.15) is 0 Å². The molecule has 196 valence electrons. The number of aromatic hydroxyl groups is 2. The zero-order valence-electron chi connectivity index (χ0n) is 23.2. The van der Waals surface area contributed by atoms with E-state index < -0.39 is 22.4 Å². The Morgan fingerprint density at radius 2 is 0.714 bits per heavy atom. The van der Waals surface area contributed by atoms with E-state index in [0.717, 1.165) is 9.79 Å². The number of rotatable bonds is 6. The highest BCUT2D eigenvalue weighted by Crippen LogP contribution is 2.53. The highest BCUT2D eigenvalue weighted by Gasteiger charge is 2.29. The number of hydrogen-bond donors (Lipinski definition) is 2. The van der Waals surface area contributed by atoms with Crippen LogP contribution in [-0.2, 0) is 0 Å². The summed E-state index contributed by atoms with van der Waals surface area (Å²) in [4.78, 5) is 1.45. The van der Waals surface area contributed by atoms with Crippen LogP contribution < -0.4 is 18.9 Å². The van der Waals surface area contributed by atoms with Crippen LogP contribution in [0.25, 0.3) is 0 Å². The molecule has 0 unspecified atom stereocenters. The summed E-state index contributed by atoms with van der Waals surface area (Å²) in [5, 5.41) is 21.3. The van der Waals surface area contributed by atoms with E-state index in [4.69, 9.17) is 18.9 Å². The molecular formula is C28H42O6S. The normalized spacial score (nSPS) is 12.9. The average Bonchev–Trinajstić information content (AvgIpc) is 2.61. The summed E-state index contributed by atoms with van der Waals surface area (Å²) in [6.45, 7) is 23.1. The molecule has 0 atom stereocenters. The Balaban J connectivity index is 2.73. The minimum absolute atomic E-state index is 0.00264. The standard InChI is InChI=1S/C28H42O6S/c1-25(2,3)31-21-17(29)13-15-19(23(21)33-27(7,8)9)35-20-16-14-18(30)22(32-26(4,5)6)24(20)34-28(10,11)12/h13-16,29-30H,1-12H3. The molecule has 0 aliphatic carbocycles. The van der Waals surface area contributed by atoms with E-state index >= 15 is 0 Å². The quantitative estimate of drug-likeness (QED) is 0.411. The fourth-order valence-corrected chi connectivity index (χ4v) is 3.93. The van der Waals surface area contributed by atoms with Gasteiger partial charge in [-0.05, 0) is 107 Å². The van der Waals surface area contributed by atoms with Crippen LogP contribution >= 0.6 is 11.8 Å². The Morgan fingerprint density at radius 1 is 0.457 bits per heavy atom. The van der Waals surface area contributed by atoms with E-state index in [1.807, 2.05) is 83.1 Å². The highest BCUT2D eigenvalue weighted by molar-refractivity contribution is 7.99. The second kappa shape index (κ2) is 9.92. The van der Waals surface area contributed by atoms with Crippen LogP contribution in [0, 0.1) is 0 Å². The van der Waals surface area contributed by atoms with Gasteiger partial charge in [-0.3, -0.25) is 0 Å². The molecule has 0 amide bonds. The molecular weight excluding hydrogens is 464 g/mol. The first-order valence-electron chi connectivity index (χ1n) is 11.8. The Hall–Kier alpha value is -2.41. The number of benzene rings is 2. The van der Waals surface area contributed by atoms with Crippen LogP contribution in [0.15, 0.2) is 34.1 Å². The monoisotopic (exact) mass is 506 g/mol. The van der Waals surface area contributed by atoms with Gasteiger partial charge in [0.05, 0.1) is 9.79 Å². The van der Waals surface area contributed by atoms with Crippen molar-refractivity contribution in [2.24, 2.45) is 0 Å². The third kappa shape index (κ3) is 8.95. The minimum Gasteiger partial charge on any atom is -0.504 e. The molecule has 0 saturated heterocycles. The Kier molecular flexibility index (Phi) is 8.17. The van der Waals surface area contributed by atoms with Gasteiger partial charge in [0.25, 0.3) is 0 Å². The molecule has 0 heterocycles. The predicted molar refractivity (Wildman–Crippen MR) is 142 cm³/mol. The summed E-state index contributed by atoms with van der Waals surface area (Å²) >= 11 is 1.39. The second-order valence-corrected chi connectivity index (χ2v) is 13.5. The summed E-state index contributed by atoms with van der Waals surface area (Å²) in [6.07, 6.45) is 0. The molecule has 0 bridgehead atoms. The molecule has 0 saturated carbocycles. The number of ether oxygens (including phenoxy) is 4. The van der Waals surface area contributed by atoms with Crippen molar-refractivity contribution in [2.75, 3.05) is 0 Å². The van der Waals surface area contributed by atoms with Crippen molar-refractivity contribution in [3.63, 3.8) is 0 Å². The third-order valence-electron chi connectivity index (χ3n) is 3.96. The maximum atomic E-state index is 10.7. The molecule has 2 aromatic rings. The number of hydrogen-bond acceptors (Lipinski definition) is 7. The summed E-state index contributed by atoms with van der Waals surface area (Å²) in [5.41, 5.74) is -2.19. The molecule has 35 heavy (non-hydrogen) atoms. The molecule has 0 radical (unpaired) electrons. The molecule has 0 aromatic heterocycles. The van der Waals surface area contributed by atoms with E-state index in [9.17, 15) is 10.2 Å². The zero-order chi connectivity index (χ0) is 27.0. The first-order valence-corrected chi connectivity index (χ1v) is 12.6. The Labute approximate surface area is 214 Å². The van der Waals surface area contributed by atoms with E-state index in [-0.39, 0.29) is 23.0 Å². The molecule has 0 spiro atoms. The van der Waals surface area contributed by atoms with Crippen molar-refractivity contribution in [3.05, 3.63) is 24.3 Å². The summed E-state index contributed by atoms with van der Waals surface area (Å²) < 4.78 is 24.9. The predicted octanol–water partition coefficient (Wildman–Crippen LogP) is 7.96. The maximum Gasteiger partial charge on any atom is 0.205 e. The molecule has 0 fully saturated rings. The minimum atomic E-state index is -0.552. The lowest BCUT2D eigenvalue weighted by atomic mass is 10.1. The van der Waals surface area contributed by atoms with Crippen LogP contribution in [0.5, 0.6) is 34.5 Å². The molecule has 0 aliphatic heterocycles. The van der Waals surface area contributed by atoms with Crippen molar-refractivity contribution in [1.82, 2.24) is 0 Å². The van der Waals surface area contributed by atoms with Gasteiger partial charge in [-0.1, -0.05) is 11.8 Å². The van der Waals surface area contributed by atoms with Gasteiger partial charge in [0.2, 0.25) is 11.5 Å². The van der Waals surface area contributed by atoms with Crippen LogP contribution in [0.2, 0.25) is 0 Å². The smallest absolute Gasteiger partial charge is 0.205 e. The van der Waals surface area contributed by atoms with Gasteiger partial charge in [0, 0.05) is 0 Å². The van der Waals surface area contributed by atoms with Gasteiger partial charge in [0.15, 0.2) is 23.0 Å². The van der Waals surface area contributed by atoms with Crippen molar-refractivity contribution in [2.45, 2.75) is 115 Å². The summed E-state index contributed by atoms with van der Waals surface area (Å²) in [5.74, 6) is 1.42. The van der Waals surface area contributed by atoms with Crippen molar-refractivity contribution in [3.8, 4) is 34.5 Å².